The molecule has 0 aliphatic carbocycles. The smallest absolute Gasteiger partial charge is 0.207 e. The summed E-state index contributed by atoms with van der Waals surface area (Å²) in [5.74, 6) is 0. The van der Waals surface area contributed by atoms with Crippen molar-refractivity contribution in [2.75, 3.05) is 13.1 Å². The Morgan fingerprint density at radius 3 is 1.95 bits per heavy atom. The van der Waals surface area contributed by atoms with E-state index in [4.69, 9.17) is 0 Å². The van der Waals surface area contributed by atoms with Crippen LogP contribution in [0.1, 0.15) is 16.7 Å². The van der Waals surface area contributed by atoms with Crippen molar-refractivity contribution in [3.63, 3.8) is 0 Å². The molecule has 104 valence electrons. The molecule has 0 fully saturated rings. The molecule has 1 rings (SSSR count). The van der Waals surface area contributed by atoms with E-state index in [2.05, 4.69) is 13.2 Å². The number of sulfonamides is 1. The molecule has 0 unspecified atom stereocenters. The lowest BCUT2D eigenvalue weighted by atomic mass is 10.1. The normalized spacial score (nSPS) is 11.6. The summed E-state index contributed by atoms with van der Waals surface area (Å²) in [6.07, 6.45) is 3.16. The number of aryl methyl sites for hydroxylation is 3. The average Bonchev–Trinajstić information content (AvgIpc) is 2.33. The molecule has 0 aliphatic rings. The summed E-state index contributed by atoms with van der Waals surface area (Å²) in [6.45, 7) is 13.5. The molecule has 0 bridgehead atoms. The van der Waals surface area contributed by atoms with Gasteiger partial charge in [-0.2, -0.15) is 4.31 Å². The first kappa shape index (κ1) is 15.7. The van der Waals surface area contributed by atoms with Gasteiger partial charge in [-0.15, -0.1) is 13.2 Å². The number of hydrogen-bond donors (Lipinski definition) is 0. The summed E-state index contributed by atoms with van der Waals surface area (Å²) in [4.78, 5) is 0.360. The molecule has 0 radical (unpaired) electrons. The number of rotatable bonds is 6. The van der Waals surface area contributed by atoms with Crippen LogP contribution in [0.3, 0.4) is 0 Å². The van der Waals surface area contributed by atoms with Crippen LogP contribution in [0.5, 0.6) is 0 Å². The zero-order valence-corrected chi connectivity index (χ0v) is 12.6. The third kappa shape index (κ3) is 3.33. The second-order valence-corrected chi connectivity index (χ2v) is 6.51. The molecule has 4 heteroatoms. The molecule has 3 nitrogen and oxygen atoms in total. The molecule has 0 N–H and O–H groups in total. The van der Waals surface area contributed by atoms with Crippen LogP contribution in [0.4, 0.5) is 0 Å². The molecule has 1 aromatic carbocycles. The van der Waals surface area contributed by atoms with E-state index in [0.29, 0.717) is 4.90 Å². The van der Waals surface area contributed by atoms with Gasteiger partial charge in [0.25, 0.3) is 0 Å². The molecule has 0 spiro atoms. The number of hydrogen-bond acceptors (Lipinski definition) is 2. The monoisotopic (exact) mass is 279 g/mol. The fourth-order valence-electron chi connectivity index (χ4n) is 1.91. The Balaban J connectivity index is 3.36. The minimum Gasteiger partial charge on any atom is -0.207 e. The van der Waals surface area contributed by atoms with Crippen molar-refractivity contribution in [3.05, 3.63) is 54.1 Å². The Morgan fingerprint density at radius 2 is 1.47 bits per heavy atom. The molecule has 0 atom stereocenters. The summed E-state index contributed by atoms with van der Waals surface area (Å²) >= 11 is 0. The van der Waals surface area contributed by atoms with E-state index in [-0.39, 0.29) is 13.1 Å². The SMILES string of the molecule is C=CCN(CC=C)S(=O)(=O)c1cc(C)c(C)cc1C. The lowest BCUT2D eigenvalue weighted by molar-refractivity contribution is 0.473. The fourth-order valence-corrected chi connectivity index (χ4v) is 3.58. The van der Waals surface area contributed by atoms with Gasteiger partial charge in [-0.3, -0.25) is 0 Å². The van der Waals surface area contributed by atoms with Gasteiger partial charge in [0.15, 0.2) is 0 Å². The first-order chi connectivity index (χ1) is 8.84. The van der Waals surface area contributed by atoms with Crippen LogP contribution < -0.4 is 0 Å². The zero-order chi connectivity index (χ0) is 14.6. The number of benzene rings is 1. The molecule has 0 heterocycles. The van der Waals surface area contributed by atoms with Crippen LogP contribution in [-0.4, -0.2) is 25.8 Å². The van der Waals surface area contributed by atoms with E-state index < -0.39 is 10.0 Å². The Labute approximate surface area is 116 Å². The molecule has 1 aromatic rings. The molecule has 0 saturated carbocycles. The Hall–Kier alpha value is -1.39. The van der Waals surface area contributed by atoms with E-state index in [1.165, 1.54) is 4.31 Å². The average molecular weight is 279 g/mol. The number of nitrogens with zero attached hydrogens (tertiary/aromatic N) is 1. The molecule has 0 amide bonds. The first-order valence-corrected chi connectivity index (χ1v) is 7.58. The van der Waals surface area contributed by atoms with Crippen molar-refractivity contribution in [1.82, 2.24) is 4.31 Å². The summed E-state index contributed by atoms with van der Waals surface area (Å²) in [5, 5.41) is 0. The van der Waals surface area contributed by atoms with Crippen molar-refractivity contribution in [2.24, 2.45) is 0 Å². The van der Waals surface area contributed by atoms with Gasteiger partial charge in [0, 0.05) is 13.1 Å². The van der Waals surface area contributed by atoms with E-state index in [1.807, 2.05) is 26.8 Å². The van der Waals surface area contributed by atoms with Gasteiger partial charge in [-0.1, -0.05) is 18.2 Å². The maximum Gasteiger partial charge on any atom is 0.243 e. The lowest BCUT2D eigenvalue weighted by Crippen LogP contribution is -2.32. The van der Waals surface area contributed by atoms with Gasteiger partial charge < -0.3 is 0 Å². The Morgan fingerprint density at radius 1 is 1.00 bits per heavy atom. The van der Waals surface area contributed by atoms with Gasteiger partial charge in [0.1, 0.15) is 0 Å². The van der Waals surface area contributed by atoms with E-state index in [0.717, 1.165) is 16.7 Å². The van der Waals surface area contributed by atoms with E-state index in [1.54, 1.807) is 18.2 Å². The summed E-state index contributed by atoms with van der Waals surface area (Å²) in [5.41, 5.74) is 2.83. The fraction of sp³-hybridized carbons (Fsp3) is 0.333. The second-order valence-electron chi connectivity index (χ2n) is 4.60. The van der Waals surface area contributed by atoms with Gasteiger partial charge in [0.05, 0.1) is 4.90 Å². The van der Waals surface area contributed by atoms with Crippen molar-refractivity contribution in [3.8, 4) is 0 Å². The highest BCUT2D eigenvalue weighted by Crippen LogP contribution is 2.23. The summed E-state index contributed by atoms with van der Waals surface area (Å²) in [6, 6.07) is 3.64. The maximum atomic E-state index is 12.6. The molecular formula is C15H21NO2S. The minimum atomic E-state index is -3.50. The molecule has 0 aliphatic heterocycles. The first-order valence-electron chi connectivity index (χ1n) is 6.14. The van der Waals surface area contributed by atoms with E-state index >= 15 is 0 Å². The van der Waals surface area contributed by atoms with Crippen molar-refractivity contribution in [2.45, 2.75) is 25.7 Å². The van der Waals surface area contributed by atoms with Gasteiger partial charge >= 0.3 is 0 Å². The second kappa shape index (κ2) is 6.17. The van der Waals surface area contributed by atoms with Crippen LogP contribution in [0.15, 0.2) is 42.3 Å². The molecule has 19 heavy (non-hydrogen) atoms. The zero-order valence-electron chi connectivity index (χ0n) is 11.8. The topological polar surface area (TPSA) is 37.4 Å². The predicted octanol–water partition coefficient (Wildman–Crippen LogP) is 2.97. The summed E-state index contributed by atoms with van der Waals surface area (Å²) < 4.78 is 26.6. The van der Waals surface area contributed by atoms with Crippen molar-refractivity contribution >= 4 is 10.0 Å². The summed E-state index contributed by atoms with van der Waals surface area (Å²) in [7, 11) is -3.50. The molecular weight excluding hydrogens is 258 g/mol. The van der Waals surface area contributed by atoms with Crippen LogP contribution >= 0.6 is 0 Å². The Bertz CT molecular complexity index is 578. The maximum absolute atomic E-state index is 12.6. The highest BCUT2D eigenvalue weighted by atomic mass is 32.2. The lowest BCUT2D eigenvalue weighted by Gasteiger charge is -2.21. The van der Waals surface area contributed by atoms with Crippen molar-refractivity contribution < 1.29 is 8.42 Å². The van der Waals surface area contributed by atoms with Crippen LogP contribution in [0.25, 0.3) is 0 Å². The van der Waals surface area contributed by atoms with Gasteiger partial charge in [0.2, 0.25) is 10.0 Å². The van der Waals surface area contributed by atoms with Crippen molar-refractivity contribution in [1.29, 1.82) is 0 Å². The highest BCUT2D eigenvalue weighted by molar-refractivity contribution is 7.89. The Kier molecular flexibility index (Phi) is 5.09. The third-order valence-electron chi connectivity index (χ3n) is 3.07. The van der Waals surface area contributed by atoms with E-state index in [9.17, 15) is 8.42 Å². The quantitative estimate of drug-likeness (QED) is 0.751. The third-order valence-corrected chi connectivity index (χ3v) is 5.05. The predicted molar refractivity (Wildman–Crippen MR) is 79.8 cm³/mol. The molecule has 0 aromatic heterocycles. The van der Waals surface area contributed by atoms with Gasteiger partial charge in [-0.05, 0) is 43.5 Å². The highest BCUT2D eigenvalue weighted by Gasteiger charge is 2.24. The largest absolute Gasteiger partial charge is 0.243 e. The van der Waals surface area contributed by atoms with Gasteiger partial charge in [-0.25, -0.2) is 8.42 Å². The van der Waals surface area contributed by atoms with Crippen LogP contribution in [-0.2, 0) is 10.0 Å². The molecule has 0 saturated heterocycles. The minimum absolute atomic E-state index is 0.278. The van der Waals surface area contributed by atoms with Crippen LogP contribution in [0.2, 0.25) is 0 Å². The standard InChI is InChI=1S/C15H21NO2S/c1-6-8-16(9-7-2)19(17,18)15-11-13(4)12(3)10-14(15)5/h6-7,10-11H,1-2,8-9H2,3-5H3. The van der Waals surface area contributed by atoms with Crippen LogP contribution in [0, 0.1) is 20.8 Å².